The zero-order valence-electron chi connectivity index (χ0n) is 7.61. The molecule has 2 rings (SSSR count). The van der Waals surface area contributed by atoms with E-state index in [9.17, 15) is 4.79 Å². The first-order valence-corrected chi connectivity index (χ1v) is 5.05. The first kappa shape index (κ1) is 9.02. The van der Waals surface area contributed by atoms with Crippen LogP contribution in [0.4, 0.5) is 4.79 Å². The van der Waals surface area contributed by atoms with E-state index in [1.54, 1.807) is 11.3 Å². The van der Waals surface area contributed by atoms with Gasteiger partial charge >= 0.3 is 6.09 Å². The number of hydrogen-bond donors (Lipinski definition) is 1. The highest BCUT2D eigenvalue weighted by Gasteiger charge is 2.07. The third-order valence-corrected chi connectivity index (χ3v) is 2.79. The van der Waals surface area contributed by atoms with Crippen molar-refractivity contribution in [2.45, 2.75) is 0 Å². The zero-order valence-corrected chi connectivity index (χ0v) is 8.43. The van der Waals surface area contributed by atoms with Crippen molar-refractivity contribution in [2.75, 3.05) is 7.05 Å². The molecule has 0 aliphatic carbocycles. The van der Waals surface area contributed by atoms with E-state index in [1.807, 2.05) is 29.6 Å². The molecule has 4 heteroatoms. The standard InChI is InChI=1S/C10H9NO2S/c1-11-10(12)13-8-6-14-9-5-3-2-4-7(8)9/h2-6H,1H3,(H,11,12). The topological polar surface area (TPSA) is 38.3 Å². The molecule has 0 saturated carbocycles. The van der Waals surface area contributed by atoms with Crippen LogP contribution < -0.4 is 10.1 Å². The third kappa shape index (κ3) is 1.56. The summed E-state index contributed by atoms with van der Waals surface area (Å²) >= 11 is 1.56. The smallest absolute Gasteiger partial charge is 0.409 e. The monoisotopic (exact) mass is 207 g/mol. The molecule has 0 unspecified atom stereocenters. The molecule has 0 aliphatic heterocycles. The second-order valence-corrected chi connectivity index (χ2v) is 3.65. The van der Waals surface area contributed by atoms with Crippen LogP contribution in [0.5, 0.6) is 5.75 Å². The van der Waals surface area contributed by atoms with Gasteiger partial charge in [0.25, 0.3) is 0 Å². The van der Waals surface area contributed by atoms with Crippen LogP contribution in [-0.2, 0) is 0 Å². The molecular formula is C10H9NO2S. The Kier molecular flexibility index (Phi) is 2.37. The molecule has 0 saturated heterocycles. The first-order chi connectivity index (χ1) is 6.81. The quantitative estimate of drug-likeness (QED) is 0.780. The Balaban J connectivity index is 2.38. The van der Waals surface area contributed by atoms with E-state index in [2.05, 4.69) is 5.32 Å². The summed E-state index contributed by atoms with van der Waals surface area (Å²) in [5.41, 5.74) is 0. The normalized spacial score (nSPS) is 10.1. The summed E-state index contributed by atoms with van der Waals surface area (Å²) < 4.78 is 6.19. The van der Waals surface area contributed by atoms with Crippen molar-refractivity contribution >= 4 is 27.5 Å². The van der Waals surface area contributed by atoms with Crippen molar-refractivity contribution in [3.63, 3.8) is 0 Å². The van der Waals surface area contributed by atoms with E-state index in [0.717, 1.165) is 10.1 Å². The number of nitrogens with one attached hydrogen (secondary N) is 1. The van der Waals surface area contributed by atoms with Crippen LogP contribution in [0.3, 0.4) is 0 Å². The maximum atomic E-state index is 11.0. The summed E-state index contributed by atoms with van der Waals surface area (Å²) in [6, 6.07) is 7.81. The summed E-state index contributed by atoms with van der Waals surface area (Å²) in [5.74, 6) is 0.616. The van der Waals surface area contributed by atoms with Gasteiger partial charge in [0.1, 0.15) is 0 Å². The van der Waals surface area contributed by atoms with Crippen molar-refractivity contribution in [1.29, 1.82) is 0 Å². The van der Waals surface area contributed by atoms with Crippen molar-refractivity contribution in [3.05, 3.63) is 29.6 Å². The minimum Gasteiger partial charge on any atom is -0.409 e. The van der Waals surface area contributed by atoms with Gasteiger partial charge in [-0.1, -0.05) is 12.1 Å². The highest BCUT2D eigenvalue weighted by atomic mass is 32.1. The lowest BCUT2D eigenvalue weighted by Gasteiger charge is -2.00. The average molecular weight is 207 g/mol. The molecule has 72 valence electrons. The molecular weight excluding hydrogens is 198 g/mol. The van der Waals surface area contributed by atoms with Gasteiger partial charge in [0.05, 0.1) is 0 Å². The Morgan fingerprint density at radius 2 is 2.21 bits per heavy atom. The molecule has 1 aromatic carbocycles. The van der Waals surface area contributed by atoms with Crippen LogP contribution >= 0.6 is 11.3 Å². The molecule has 3 nitrogen and oxygen atoms in total. The molecule has 0 radical (unpaired) electrons. The predicted molar refractivity (Wildman–Crippen MR) is 56.9 cm³/mol. The Labute approximate surface area is 85.3 Å². The van der Waals surface area contributed by atoms with Gasteiger partial charge in [-0.25, -0.2) is 4.79 Å². The van der Waals surface area contributed by atoms with Gasteiger partial charge in [-0.2, -0.15) is 0 Å². The molecule has 0 fully saturated rings. The summed E-state index contributed by atoms with van der Waals surface area (Å²) in [5, 5.41) is 5.22. The fourth-order valence-corrected chi connectivity index (χ4v) is 2.05. The lowest BCUT2D eigenvalue weighted by molar-refractivity contribution is 0.203. The fourth-order valence-electron chi connectivity index (χ4n) is 1.18. The fraction of sp³-hybridized carbons (Fsp3) is 0.100. The third-order valence-electron chi connectivity index (χ3n) is 1.85. The number of carbonyl (C=O) groups excluding carboxylic acids is 1. The SMILES string of the molecule is CNC(=O)Oc1csc2ccccc12. The summed E-state index contributed by atoms with van der Waals surface area (Å²) in [7, 11) is 1.54. The van der Waals surface area contributed by atoms with E-state index in [0.29, 0.717) is 5.75 Å². The van der Waals surface area contributed by atoms with Gasteiger partial charge in [0, 0.05) is 22.5 Å². The van der Waals surface area contributed by atoms with Gasteiger partial charge in [-0.15, -0.1) is 11.3 Å². The van der Waals surface area contributed by atoms with Gasteiger partial charge in [-0.05, 0) is 12.1 Å². The molecule has 2 aromatic rings. The predicted octanol–water partition coefficient (Wildman–Crippen LogP) is 2.62. The number of carbonyl (C=O) groups is 1. The number of benzene rings is 1. The minimum atomic E-state index is -0.437. The summed E-state index contributed by atoms with van der Waals surface area (Å²) in [4.78, 5) is 11.0. The number of amides is 1. The maximum absolute atomic E-state index is 11.0. The highest BCUT2D eigenvalue weighted by molar-refractivity contribution is 7.17. The van der Waals surface area contributed by atoms with Crippen LogP contribution in [0.25, 0.3) is 10.1 Å². The Morgan fingerprint density at radius 3 is 3.00 bits per heavy atom. The van der Waals surface area contributed by atoms with Crippen molar-refractivity contribution < 1.29 is 9.53 Å². The van der Waals surface area contributed by atoms with Gasteiger partial charge in [0.2, 0.25) is 0 Å². The number of rotatable bonds is 1. The van der Waals surface area contributed by atoms with Gasteiger partial charge < -0.3 is 10.1 Å². The van der Waals surface area contributed by atoms with Gasteiger partial charge in [0.15, 0.2) is 5.75 Å². The highest BCUT2D eigenvalue weighted by Crippen LogP contribution is 2.31. The molecule has 0 aliphatic rings. The molecule has 0 atom stereocenters. The van der Waals surface area contributed by atoms with Crippen LogP contribution in [0, 0.1) is 0 Å². The van der Waals surface area contributed by atoms with E-state index in [1.165, 1.54) is 7.05 Å². The summed E-state index contributed by atoms with van der Waals surface area (Å²) in [6.45, 7) is 0. The average Bonchev–Trinajstić information content (AvgIpc) is 2.62. The number of thiophene rings is 1. The molecule has 1 N–H and O–H groups in total. The Bertz CT molecular complexity index is 464. The molecule has 1 aromatic heterocycles. The number of fused-ring (bicyclic) bond motifs is 1. The van der Waals surface area contributed by atoms with E-state index >= 15 is 0 Å². The Hall–Kier alpha value is -1.55. The lowest BCUT2D eigenvalue weighted by Crippen LogP contribution is -2.21. The minimum absolute atomic E-state index is 0.437. The second-order valence-electron chi connectivity index (χ2n) is 2.74. The van der Waals surface area contributed by atoms with Crippen molar-refractivity contribution in [3.8, 4) is 5.75 Å². The lowest BCUT2D eigenvalue weighted by atomic mass is 10.2. The number of ether oxygens (including phenoxy) is 1. The molecule has 1 amide bonds. The van der Waals surface area contributed by atoms with E-state index in [-0.39, 0.29) is 0 Å². The first-order valence-electron chi connectivity index (χ1n) is 4.17. The molecule has 0 spiro atoms. The summed E-state index contributed by atoms with van der Waals surface area (Å²) in [6.07, 6.45) is -0.437. The van der Waals surface area contributed by atoms with Crippen molar-refractivity contribution in [1.82, 2.24) is 5.32 Å². The van der Waals surface area contributed by atoms with Crippen molar-refractivity contribution in [2.24, 2.45) is 0 Å². The number of hydrogen-bond acceptors (Lipinski definition) is 3. The maximum Gasteiger partial charge on any atom is 0.412 e. The van der Waals surface area contributed by atoms with Crippen LogP contribution in [0.2, 0.25) is 0 Å². The largest absolute Gasteiger partial charge is 0.412 e. The van der Waals surface area contributed by atoms with Crippen LogP contribution in [0.15, 0.2) is 29.6 Å². The zero-order chi connectivity index (χ0) is 9.97. The second kappa shape index (κ2) is 3.67. The van der Waals surface area contributed by atoms with E-state index < -0.39 is 6.09 Å². The molecule has 1 heterocycles. The van der Waals surface area contributed by atoms with Gasteiger partial charge in [-0.3, -0.25) is 0 Å². The molecule has 0 bridgehead atoms. The van der Waals surface area contributed by atoms with Crippen LogP contribution in [-0.4, -0.2) is 13.1 Å². The van der Waals surface area contributed by atoms with Crippen LogP contribution in [0.1, 0.15) is 0 Å². The Morgan fingerprint density at radius 1 is 1.43 bits per heavy atom. The van der Waals surface area contributed by atoms with E-state index in [4.69, 9.17) is 4.74 Å². The molecule has 14 heavy (non-hydrogen) atoms.